The Labute approximate surface area is 139 Å². The SMILES string of the molecule is O=[N+]([O-])c1ccc(CCN(Cc2ccco2)Cc2ccco2)cc1. The largest absolute Gasteiger partial charge is 0.468 e. The molecule has 0 aliphatic heterocycles. The highest BCUT2D eigenvalue weighted by molar-refractivity contribution is 5.32. The molecule has 0 radical (unpaired) electrons. The van der Waals surface area contributed by atoms with Gasteiger partial charge in [-0.05, 0) is 36.2 Å². The van der Waals surface area contributed by atoms with Crippen LogP contribution < -0.4 is 0 Å². The van der Waals surface area contributed by atoms with Gasteiger partial charge in [-0.1, -0.05) is 12.1 Å². The van der Waals surface area contributed by atoms with Gasteiger partial charge >= 0.3 is 0 Å². The molecule has 6 heteroatoms. The minimum atomic E-state index is -0.385. The molecule has 24 heavy (non-hydrogen) atoms. The van der Waals surface area contributed by atoms with E-state index in [1.54, 1.807) is 36.8 Å². The normalized spacial score (nSPS) is 11.0. The summed E-state index contributed by atoms with van der Waals surface area (Å²) in [6, 6.07) is 14.3. The van der Waals surface area contributed by atoms with Crippen molar-refractivity contribution in [1.82, 2.24) is 4.90 Å². The van der Waals surface area contributed by atoms with Crippen LogP contribution in [0, 0.1) is 10.1 Å². The van der Waals surface area contributed by atoms with Crippen LogP contribution in [0.1, 0.15) is 17.1 Å². The third-order valence-corrected chi connectivity index (χ3v) is 3.78. The van der Waals surface area contributed by atoms with Crippen molar-refractivity contribution in [2.75, 3.05) is 6.54 Å². The van der Waals surface area contributed by atoms with Gasteiger partial charge in [0.25, 0.3) is 5.69 Å². The summed E-state index contributed by atoms with van der Waals surface area (Å²) < 4.78 is 10.9. The summed E-state index contributed by atoms with van der Waals surface area (Å²) in [5.74, 6) is 1.79. The lowest BCUT2D eigenvalue weighted by molar-refractivity contribution is -0.384. The zero-order chi connectivity index (χ0) is 16.8. The Morgan fingerprint density at radius 1 is 0.917 bits per heavy atom. The van der Waals surface area contributed by atoms with Crippen molar-refractivity contribution < 1.29 is 13.8 Å². The Morgan fingerprint density at radius 3 is 1.96 bits per heavy atom. The lowest BCUT2D eigenvalue weighted by atomic mass is 10.1. The first kappa shape index (κ1) is 16.0. The number of non-ortho nitro benzene ring substituents is 1. The average molecular weight is 326 g/mol. The topological polar surface area (TPSA) is 72.7 Å². The van der Waals surface area contributed by atoms with Crippen molar-refractivity contribution in [3.05, 3.63) is 88.3 Å². The predicted molar refractivity (Wildman–Crippen MR) is 88.3 cm³/mol. The van der Waals surface area contributed by atoms with Gasteiger partial charge in [0.15, 0.2) is 0 Å². The lowest BCUT2D eigenvalue weighted by Crippen LogP contribution is -2.25. The van der Waals surface area contributed by atoms with E-state index in [1.807, 2.05) is 24.3 Å². The number of nitro groups is 1. The molecule has 2 aromatic heterocycles. The molecule has 0 saturated carbocycles. The molecule has 0 amide bonds. The van der Waals surface area contributed by atoms with Gasteiger partial charge in [0, 0.05) is 18.7 Å². The fourth-order valence-corrected chi connectivity index (χ4v) is 2.53. The van der Waals surface area contributed by atoms with Crippen LogP contribution >= 0.6 is 0 Å². The van der Waals surface area contributed by atoms with Crippen LogP contribution in [0.4, 0.5) is 5.69 Å². The summed E-state index contributed by atoms with van der Waals surface area (Å²) in [4.78, 5) is 12.5. The maximum atomic E-state index is 10.7. The van der Waals surface area contributed by atoms with Gasteiger partial charge < -0.3 is 8.83 Å². The summed E-state index contributed by atoms with van der Waals surface area (Å²) >= 11 is 0. The van der Waals surface area contributed by atoms with Crippen LogP contribution in [-0.2, 0) is 19.5 Å². The van der Waals surface area contributed by atoms with Gasteiger partial charge in [-0.15, -0.1) is 0 Å². The van der Waals surface area contributed by atoms with E-state index in [4.69, 9.17) is 8.83 Å². The van der Waals surface area contributed by atoms with E-state index in [0.717, 1.165) is 30.0 Å². The highest BCUT2D eigenvalue weighted by atomic mass is 16.6. The Bertz CT molecular complexity index is 713. The second-order valence-corrected chi connectivity index (χ2v) is 5.54. The molecule has 6 nitrogen and oxygen atoms in total. The summed E-state index contributed by atoms with van der Waals surface area (Å²) in [6.45, 7) is 2.15. The van der Waals surface area contributed by atoms with Gasteiger partial charge in [0.1, 0.15) is 11.5 Å². The molecule has 0 bridgehead atoms. The molecule has 0 aliphatic rings. The lowest BCUT2D eigenvalue weighted by Gasteiger charge is -2.20. The van der Waals surface area contributed by atoms with E-state index in [0.29, 0.717) is 13.1 Å². The molecule has 0 atom stereocenters. The maximum Gasteiger partial charge on any atom is 0.269 e. The van der Waals surface area contributed by atoms with Crippen molar-refractivity contribution in [1.29, 1.82) is 0 Å². The van der Waals surface area contributed by atoms with Gasteiger partial charge in [-0.3, -0.25) is 15.0 Å². The third kappa shape index (κ3) is 4.33. The minimum Gasteiger partial charge on any atom is -0.468 e. The maximum absolute atomic E-state index is 10.7. The highest BCUT2D eigenvalue weighted by Crippen LogP contribution is 2.15. The van der Waals surface area contributed by atoms with E-state index < -0.39 is 0 Å². The predicted octanol–water partition coefficient (Wildman–Crippen LogP) is 4.03. The van der Waals surface area contributed by atoms with Crippen LogP contribution in [-0.4, -0.2) is 16.4 Å². The van der Waals surface area contributed by atoms with Crippen LogP contribution in [0.2, 0.25) is 0 Å². The zero-order valence-corrected chi connectivity index (χ0v) is 13.1. The molecule has 3 aromatic rings. The van der Waals surface area contributed by atoms with Crippen LogP contribution in [0.25, 0.3) is 0 Å². The molecule has 0 saturated heterocycles. The first-order chi connectivity index (χ1) is 11.7. The Balaban J connectivity index is 1.63. The number of rotatable bonds is 8. The summed E-state index contributed by atoms with van der Waals surface area (Å²) in [6.07, 6.45) is 4.12. The molecule has 0 N–H and O–H groups in total. The second kappa shape index (κ2) is 7.61. The first-order valence-corrected chi connectivity index (χ1v) is 7.71. The minimum absolute atomic E-state index is 0.113. The Morgan fingerprint density at radius 2 is 1.50 bits per heavy atom. The van der Waals surface area contributed by atoms with Crippen molar-refractivity contribution in [3.8, 4) is 0 Å². The third-order valence-electron chi connectivity index (χ3n) is 3.78. The van der Waals surface area contributed by atoms with E-state index >= 15 is 0 Å². The molecule has 0 unspecified atom stereocenters. The van der Waals surface area contributed by atoms with E-state index in [1.165, 1.54) is 0 Å². The van der Waals surface area contributed by atoms with Gasteiger partial charge in [-0.25, -0.2) is 0 Å². The molecule has 0 aliphatic carbocycles. The summed E-state index contributed by atoms with van der Waals surface area (Å²) in [7, 11) is 0. The fourth-order valence-electron chi connectivity index (χ4n) is 2.53. The van der Waals surface area contributed by atoms with Gasteiger partial charge in [0.05, 0.1) is 30.5 Å². The fraction of sp³-hybridized carbons (Fsp3) is 0.222. The van der Waals surface area contributed by atoms with Gasteiger partial charge in [-0.2, -0.15) is 0 Å². The van der Waals surface area contributed by atoms with Crippen LogP contribution in [0.15, 0.2) is 69.9 Å². The van der Waals surface area contributed by atoms with Crippen molar-refractivity contribution in [2.45, 2.75) is 19.5 Å². The molecule has 2 heterocycles. The standard InChI is InChI=1S/C18H18N2O4/c21-20(22)16-7-5-15(6-8-16)9-10-19(13-17-3-1-11-23-17)14-18-4-2-12-24-18/h1-8,11-12H,9-10,13-14H2. The number of hydrogen-bond acceptors (Lipinski definition) is 5. The highest BCUT2D eigenvalue weighted by Gasteiger charge is 2.11. The summed E-state index contributed by atoms with van der Waals surface area (Å²) in [5.41, 5.74) is 1.17. The molecule has 1 aromatic carbocycles. The number of benzene rings is 1. The van der Waals surface area contributed by atoms with Gasteiger partial charge in [0.2, 0.25) is 0 Å². The van der Waals surface area contributed by atoms with Crippen LogP contribution in [0.5, 0.6) is 0 Å². The van der Waals surface area contributed by atoms with E-state index in [2.05, 4.69) is 4.90 Å². The zero-order valence-electron chi connectivity index (χ0n) is 13.1. The molecule has 3 rings (SSSR count). The molecule has 124 valence electrons. The Kier molecular flexibility index (Phi) is 5.08. The van der Waals surface area contributed by atoms with Crippen molar-refractivity contribution >= 4 is 5.69 Å². The number of hydrogen-bond donors (Lipinski definition) is 0. The van der Waals surface area contributed by atoms with Crippen molar-refractivity contribution in [3.63, 3.8) is 0 Å². The van der Waals surface area contributed by atoms with E-state index in [-0.39, 0.29) is 10.6 Å². The monoisotopic (exact) mass is 326 g/mol. The molecular formula is C18H18N2O4. The molecule has 0 spiro atoms. The molecule has 0 fully saturated rings. The number of nitrogens with zero attached hydrogens (tertiary/aromatic N) is 2. The summed E-state index contributed by atoms with van der Waals surface area (Å²) in [5, 5.41) is 10.7. The molecular weight excluding hydrogens is 308 g/mol. The number of nitro benzene ring substituents is 1. The second-order valence-electron chi connectivity index (χ2n) is 5.54. The average Bonchev–Trinajstić information content (AvgIpc) is 3.27. The smallest absolute Gasteiger partial charge is 0.269 e. The first-order valence-electron chi connectivity index (χ1n) is 7.71. The number of furan rings is 2. The quantitative estimate of drug-likeness (QED) is 0.461. The van der Waals surface area contributed by atoms with E-state index in [9.17, 15) is 10.1 Å². The Hall–Kier alpha value is -2.86. The van der Waals surface area contributed by atoms with Crippen molar-refractivity contribution in [2.24, 2.45) is 0 Å². The van der Waals surface area contributed by atoms with Crippen LogP contribution in [0.3, 0.4) is 0 Å².